The van der Waals surface area contributed by atoms with Gasteiger partial charge in [0, 0.05) is 29.8 Å². The second kappa shape index (κ2) is 8.51. The molecule has 1 saturated carbocycles. The first-order valence-electron chi connectivity index (χ1n) is 9.16. The number of hydrogen-bond acceptors (Lipinski definition) is 5. The minimum absolute atomic E-state index is 0.00672. The van der Waals surface area contributed by atoms with Crippen molar-refractivity contribution in [2.75, 3.05) is 11.1 Å². The molecule has 0 spiro atoms. The molecule has 146 valence electrons. The third kappa shape index (κ3) is 4.64. The van der Waals surface area contributed by atoms with E-state index in [1.54, 1.807) is 12.1 Å². The summed E-state index contributed by atoms with van der Waals surface area (Å²) in [6.07, 6.45) is 4.03. The maximum Gasteiger partial charge on any atom is 0.292 e. The van der Waals surface area contributed by atoms with E-state index in [1.165, 1.54) is 12.1 Å². The SMILES string of the molecule is Nc1ccc(C(=O)NCc2cccc(NC(=O)C3CCCC3)c2)cc1[N+](=O)[O-]. The van der Waals surface area contributed by atoms with Crippen LogP contribution in [-0.2, 0) is 11.3 Å². The van der Waals surface area contributed by atoms with Crippen LogP contribution in [0.4, 0.5) is 17.1 Å². The highest BCUT2D eigenvalue weighted by Gasteiger charge is 2.22. The van der Waals surface area contributed by atoms with Crippen molar-refractivity contribution < 1.29 is 14.5 Å². The normalized spacial score (nSPS) is 13.9. The maximum atomic E-state index is 12.3. The maximum absolute atomic E-state index is 12.3. The highest BCUT2D eigenvalue weighted by Crippen LogP contribution is 2.26. The summed E-state index contributed by atoms with van der Waals surface area (Å²) in [6.45, 7) is 0.226. The lowest BCUT2D eigenvalue weighted by molar-refractivity contribution is -0.383. The van der Waals surface area contributed by atoms with Gasteiger partial charge >= 0.3 is 0 Å². The number of nitro groups is 1. The van der Waals surface area contributed by atoms with Gasteiger partial charge in [0.05, 0.1) is 4.92 Å². The third-order valence-electron chi connectivity index (χ3n) is 4.86. The molecule has 0 bridgehead atoms. The lowest BCUT2D eigenvalue weighted by atomic mass is 10.1. The molecule has 28 heavy (non-hydrogen) atoms. The fraction of sp³-hybridized carbons (Fsp3) is 0.300. The number of rotatable bonds is 6. The van der Waals surface area contributed by atoms with Crippen LogP contribution in [-0.4, -0.2) is 16.7 Å². The standard InChI is InChI=1S/C20H22N4O4/c21-17-9-8-15(11-18(17)24(27)28)19(25)22-12-13-4-3-7-16(10-13)23-20(26)14-5-1-2-6-14/h3-4,7-11,14H,1-2,5-6,12,21H2,(H,22,25)(H,23,26). The molecule has 2 amide bonds. The van der Waals surface area contributed by atoms with E-state index in [1.807, 2.05) is 12.1 Å². The van der Waals surface area contributed by atoms with Gasteiger partial charge in [-0.3, -0.25) is 19.7 Å². The monoisotopic (exact) mass is 382 g/mol. The first kappa shape index (κ1) is 19.3. The van der Waals surface area contributed by atoms with E-state index in [9.17, 15) is 19.7 Å². The second-order valence-corrected chi connectivity index (χ2v) is 6.88. The van der Waals surface area contributed by atoms with Gasteiger partial charge in [-0.25, -0.2) is 0 Å². The zero-order chi connectivity index (χ0) is 20.1. The van der Waals surface area contributed by atoms with Gasteiger partial charge in [-0.15, -0.1) is 0 Å². The second-order valence-electron chi connectivity index (χ2n) is 6.88. The Morgan fingerprint density at radius 2 is 1.89 bits per heavy atom. The number of nitro benzene ring substituents is 1. The first-order chi connectivity index (χ1) is 13.4. The quantitative estimate of drug-likeness (QED) is 0.401. The molecule has 0 unspecified atom stereocenters. The van der Waals surface area contributed by atoms with Gasteiger partial charge in [0.25, 0.3) is 11.6 Å². The van der Waals surface area contributed by atoms with Crippen molar-refractivity contribution in [1.29, 1.82) is 0 Å². The van der Waals surface area contributed by atoms with Gasteiger partial charge in [0.2, 0.25) is 5.91 Å². The number of carbonyl (C=O) groups is 2. The van der Waals surface area contributed by atoms with Crippen LogP contribution < -0.4 is 16.4 Å². The van der Waals surface area contributed by atoms with Crippen molar-refractivity contribution >= 4 is 28.9 Å². The molecule has 0 radical (unpaired) electrons. The molecular formula is C20H22N4O4. The number of nitrogens with one attached hydrogen (secondary N) is 2. The topological polar surface area (TPSA) is 127 Å². The number of hydrogen-bond donors (Lipinski definition) is 3. The van der Waals surface area contributed by atoms with E-state index in [0.29, 0.717) is 5.69 Å². The Labute approximate surface area is 162 Å². The lowest BCUT2D eigenvalue weighted by Crippen LogP contribution is -2.23. The Morgan fingerprint density at radius 3 is 2.61 bits per heavy atom. The molecule has 0 heterocycles. The molecule has 4 N–H and O–H groups in total. The van der Waals surface area contributed by atoms with Crippen LogP contribution in [0, 0.1) is 16.0 Å². The summed E-state index contributed by atoms with van der Waals surface area (Å²) >= 11 is 0. The van der Waals surface area contributed by atoms with Crippen LogP contribution in [0.25, 0.3) is 0 Å². The van der Waals surface area contributed by atoms with Gasteiger partial charge in [-0.2, -0.15) is 0 Å². The molecule has 2 aromatic carbocycles. The van der Waals surface area contributed by atoms with E-state index in [2.05, 4.69) is 10.6 Å². The number of anilines is 2. The molecule has 0 saturated heterocycles. The summed E-state index contributed by atoms with van der Waals surface area (Å²) in [6, 6.07) is 11.2. The highest BCUT2D eigenvalue weighted by atomic mass is 16.6. The Morgan fingerprint density at radius 1 is 1.14 bits per heavy atom. The van der Waals surface area contributed by atoms with Gasteiger partial charge < -0.3 is 16.4 Å². The largest absolute Gasteiger partial charge is 0.393 e. The number of benzene rings is 2. The van der Waals surface area contributed by atoms with Crippen LogP contribution in [0.2, 0.25) is 0 Å². The number of nitrogens with zero attached hydrogens (tertiary/aromatic N) is 1. The summed E-state index contributed by atoms with van der Waals surface area (Å²) in [4.78, 5) is 34.9. The zero-order valence-corrected chi connectivity index (χ0v) is 15.3. The average Bonchev–Trinajstić information content (AvgIpc) is 3.21. The summed E-state index contributed by atoms with van der Waals surface area (Å²) in [5.41, 5.74) is 6.91. The van der Waals surface area contributed by atoms with Gasteiger partial charge in [0.1, 0.15) is 5.69 Å². The molecule has 1 aliphatic carbocycles. The van der Waals surface area contributed by atoms with Crippen molar-refractivity contribution in [1.82, 2.24) is 5.32 Å². The van der Waals surface area contributed by atoms with E-state index in [0.717, 1.165) is 37.3 Å². The predicted octanol–water partition coefficient (Wildman–Crippen LogP) is 3.24. The predicted molar refractivity (Wildman–Crippen MR) is 106 cm³/mol. The van der Waals surface area contributed by atoms with E-state index < -0.39 is 10.8 Å². The van der Waals surface area contributed by atoms with Gasteiger partial charge in [-0.1, -0.05) is 25.0 Å². The van der Waals surface area contributed by atoms with Crippen LogP contribution in [0.1, 0.15) is 41.6 Å². The molecule has 3 rings (SSSR count). The molecule has 2 aromatic rings. The molecule has 1 fully saturated rings. The van der Waals surface area contributed by atoms with Crippen LogP contribution in [0.3, 0.4) is 0 Å². The van der Waals surface area contributed by atoms with E-state index >= 15 is 0 Å². The molecule has 8 heteroatoms. The number of nitrogens with two attached hydrogens (primary N) is 1. The number of carbonyl (C=O) groups excluding carboxylic acids is 2. The molecular weight excluding hydrogens is 360 g/mol. The van der Waals surface area contributed by atoms with E-state index in [4.69, 9.17) is 5.73 Å². The van der Waals surface area contributed by atoms with Crippen molar-refractivity contribution in [2.45, 2.75) is 32.2 Å². The summed E-state index contributed by atoms with van der Waals surface area (Å²) in [5, 5.41) is 16.6. The Balaban J connectivity index is 1.61. The Bertz CT molecular complexity index is 907. The average molecular weight is 382 g/mol. The van der Waals surface area contributed by atoms with Gasteiger partial charge in [-0.05, 0) is 42.7 Å². The summed E-state index contributed by atoms with van der Waals surface area (Å²) < 4.78 is 0. The highest BCUT2D eigenvalue weighted by molar-refractivity contribution is 5.95. The van der Waals surface area contributed by atoms with Gasteiger partial charge in [0.15, 0.2) is 0 Å². The molecule has 0 atom stereocenters. The summed E-state index contributed by atoms with van der Waals surface area (Å²) in [7, 11) is 0. The van der Waals surface area contributed by atoms with Crippen LogP contribution >= 0.6 is 0 Å². The van der Waals surface area contributed by atoms with Crippen molar-refractivity contribution in [3.63, 3.8) is 0 Å². The fourth-order valence-corrected chi connectivity index (χ4v) is 3.32. The van der Waals surface area contributed by atoms with Crippen LogP contribution in [0.5, 0.6) is 0 Å². The lowest BCUT2D eigenvalue weighted by Gasteiger charge is -2.12. The number of nitrogen functional groups attached to an aromatic ring is 1. The first-order valence-corrected chi connectivity index (χ1v) is 9.16. The van der Waals surface area contributed by atoms with Crippen LogP contribution in [0.15, 0.2) is 42.5 Å². The molecule has 0 aromatic heterocycles. The third-order valence-corrected chi connectivity index (χ3v) is 4.86. The smallest absolute Gasteiger partial charge is 0.292 e. The zero-order valence-electron chi connectivity index (χ0n) is 15.3. The van der Waals surface area contributed by atoms with Crippen molar-refractivity contribution in [2.24, 2.45) is 5.92 Å². The molecule has 1 aliphatic rings. The molecule has 0 aliphatic heterocycles. The Kier molecular flexibility index (Phi) is 5.88. The number of amides is 2. The minimum Gasteiger partial charge on any atom is -0.393 e. The Hall–Kier alpha value is -3.42. The van der Waals surface area contributed by atoms with Crippen molar-refractivity contribution in [3.8, 4) is 0 Å². The minimum atomic E-state index is -0.622. The van der Waals surface area contributed by atoms with E-state index in [-0.39, 0.29) is 35.3 Å². The summed E-state index contributed by atoms with van der Waals surface area (Å²) in [5.74, 6) is -0.332. The fourth-order valence-electron chi connectivity index (χ4n) is 3.32. The molecule has 8 nitrogen and oxygen atoms in total. The van der Waals surface area contributed by atoms with Crippen molar-refractivity contribution in [3.05, 3.63) is 63.7 Å².